The number of aryl methyl sites for hydroxylation is 1. The van der Waals surface area contributed by atoms with Crippen LogP contribution < -0.4 is 9.47 Å². The van der Waals surface area contributed by atoms with Crippen molar-refractivity contribution >= 4 is 11.8 Å². The van der Waals surface area contributed by atoms with Crippen molar-refractivity contribution in [2.75, 3.05) is 20.0 Å². The maximum Gasteiger partial charge on any atom is 0.166 e. The summed E-state index contributed by atoms with van der Waals surface area (Å²) < 4.78 is 10.8. The normalized spacial score (nSPS) is 19.4. The van der Waals surface area contributed by atoms with Crippen LogP contribution in [0.15, 0.2) is 6.07 Å². The zero-order valence-corrected chi connectivity index (χ0v) is 11.3. The second-order valence-corrected chi connectivity index (χ2v) is 5.28. The SMILES string of the molecule is COc1cc(C)c2c(c1OC)[C@@H](O)CCSC2. The molecule has 2 rings (SSSR count). The van der Waals surface area contributed by atoms with Gasteiger partial charge in [-0.05, 0) is 36.3 Å². The summed E-state index contributed by atoms with van der Waals surface area (Å²) in [4.78, 5) is 0. The van der Waals surface area contributed by atoms with Gasteiger partial charge in [0.2, 0.25) is 0 Å². The van der Waals surface area contributed by atoms with Gasteiger partial charge >= 0.3 is 0 Å². The molecule has 1 aromatic carbocycles. The van der Waals surface area contributed by atoms with Crippen LogP contribution in [0, 0.1) is 6.92 Å². The van der Waals surface area contributed by atoms with E-state index in [2.05, 4.69) is 6.92 Å². The van der Waals surface area contributed by atoms with Gasteiger partial charge in [0.15, 0.2) is 11.5 Å². The predicted molar refractivity (Wildman–Crippen MR) is 70.0 cm³/mol. The molecule has 1 aromatic rings. The largest absolute Gasteiger partial charge is 0.493 e. The summed E-state index contributed by atoms with van der Waals surface area (Å²) in [6.45, 7) is 2.05. The van der Waals surface area contributed by atoms with Crippen LogP contribution in [0.4, 0.5) is 0 Å². The minimum Gasteiger partial charge on any atom is -0.493 e. The number of aliphatic hydroxyl groups is 1. The minimum atomic E-state index is -0.455. The maximum atomic E-state index is 10.2. The smallest absolute Gasteiger partial charge is 0.166 e. The third-order valence-corrected chi connectivity index (χ3v) is 4.17. The van der Waals surface area contributed by atoms with Crippen LogP contribution in [0.3, 0.4) is 0 Å². The molecule has 4 heteroatoms. The molecular weight excluding hydrogens is 236 g/mol. The van der Waals surface area contributed by atoms with Gasteiger partial charge in [-0.25, -0.2) is 0 Å². The van der Waals surface area contributed by atoms with Gasteiger partial charge in [-0.2, -0.15) is 11.8 Å². The number of benzene rings is 1. The van der Waals surface area contributed by atoms with Gasteiger partial charge in [-0.1, -0.05) is 0 Å². The van der Waals surface area contributed by atoms with Crippen molar-refractivity contribution in [3.63, 3.8) is 0 Å². The summed E-state index contributed by atoms with van der Waals surface area (Å²) >= 11 is 1.85. The molecule has 0 unspecified atom stereocenters. The molecule has 0 radical (unpaired) electrons. The van der Waals surface area contributed by atoms with E-state index in [-0.39, 0.29) is 0 Å². The number of ether oxygens (including phenoxy) is 2. The molecular formula is C13H18O3S. The minimum absolute atomic E-state index is 0.455. The molecule has 94 valence electrons. The molecule has 1 heterocycles. The fourth-order valence-corrected chi connectivity index (χ4v) is 3.37. The molecule has 0 saturated heterocycles. The van der Waals surface area contributed by atoms with Crippen LogP contribution in [0.1, 0.15) is 29.2 Å². The third-order valence-electron chi connectivity index (χ3n) is 3.16. The molecule has 0 spiro atoms. The van der Waals surface area contributed by atoms with Crippen molar-refractivity contribution in [1.29, 1.82) is 0 Å². The zero-order chi connectivity index (χ0) is 12.4. The summed E-state index contributed by atoms with van der Waals surface area (Å²) in [7, 11) is 3.25. The van der Waals surface area contributed by atoms with Gasteiger partial charge in [0.05, 0.1) is 20.3 Å². The van der Waals surface area contributed by atoms with Crippen molar-refractivity contribution in [1.82, 2.24) is 0 Å². The van der Waals surface area contributed by atoms with Gasteiger partial charge in [0, 0.05) is 11.3 Å². The van der Waals surface area contributed by atoms with Crippen LogP contribution >= 0.6 is 11.8 Å². The zero-order valence-electron chi connectivity index (χ0n) is 10.4. The Morgan fingerprint density at radius 2 is 2.12 bits per heavy atom. The lowest BCUT2D eigenvalue weighted by Gasteiger charge is -2.20. The lowest BCUT2D eigenvalue weighted by molar-refractivity contribution is 0.169. The molecule has 1 aliphatic heterocycles. The fourth-order valence-electron chi connectivity index (χ4n) is 2.25. The quantitative estimate of drug-likeness (QED) is 0.880. The first-order valence-electron chi connectivity index (χ1n) is 5.69. The number of hydrogen-bond donors (Lipinski definition) is 1. The van der Waals surface area contributed by atoms with E-state index >= 15 is 0 Å². The highest BCUT2D eigenvalue weighted by molar-refractivity contribution is 7.98. The van der Waals surface area contributed by atoms with Crippen LogP contribution in [0.2, 0.25) is 0 Å². The average Bonchev–Trinajstić information content (AvgIpc) is 2.52. The third kappa shape index (κ3) is 2.24. The predicted octanol–water partition coefficient (Wildman–Crippen LogP) is 2.68. The standard InChI is InChI=1S/C13H18O3S/c1-8-6-11(15-2)13(16-3)12-9(8)7-17-5-4-10(12)14/h6,10,14H,4-5,7H2,1-3H3/t10-/m0/s1. The molecule has 0 aromatic heterocycles. The first-order chi connectivity index (χ1) is 8.19. The Kier molecular flexibility index (Phi) is 3.84. The number of fused-ring (bicyclic) bond motifs is 1. The highest BCUT2D eigenvalue weighted by Gasteiger charge is 2.25. The number of rotatable bonds is 2. The first kappa shape index (κ1) is 12.6. The number of hydrogen-bond acceptors (Lipinski definition) is 4. The molecule has 0 bridgehead atoms. The highest BCUT2D eigenvalue weighted by atomic mass is 32.2. The van der Waals surface area contributed by atoms with Gasteiger partial charge < -0.3 is 14.6 Å². The Bertz CT molecular complexity index is 418. The molecule has 1 atom stereocenters. The van der Waals surface area contributed by atoms with Crippen molar-refractivity contribution < 1.29 is 14.6 Å². The average molecular weight is 254 g/mol. The van der Waals surface area contributed by atoms with Gasteiger partial charge in [-0.15, -0.1) is 0 Å². The molecule has 0 fully saturated rings. The molecule has 3 nitrogen and oxygen atoms in total. The van der Waals surface area contributed by atoms with E-state index in [0.29, 0.717) is 11.5 Å². The van der Waals surface area contributed by atoms with Crippen LogP contribution in [0.5, 0.6) is 11.5 Å². The summed E-state index contributed by atoms with van der Waals surface area (Å²) in [5, 5.41) is 10.2. The van der Waals surface area contributed by atoms with Crippen molar-refractivity contribution in [3.05, 3.63) is 22.8 Å². The number of aliphatic hydroxyl groups excluding tert-OH is 1. The Hall–Kier alpha value is -0.870. The van der Waals surface area contributed by atoms with Crippen LogP contribution in [-0.4, -0.2) is 25.1 Å². The van der Waals surface area contributed by atoms with E-state index in [9.17, 15) is 5.11 Å². The molecule has 1 N–H and O–H groups in total. The molecule has 0 aliphatic carbocycles. The van der Waals surface area contributed by atoms with E-state index < -0.39 is 6.10 Å². The Morgan fingerprint density at radius 3 is 2.76 bits per heavy atom. The highest BCUT2D eigenvalue weighted by Crippen LogP contribution is 2.43. The van der Waals surface area contributed by atoms with Crippen molar-refractivity contribution in [3.8, 4) is 11.5 Å². The lowest BCUT2D eigenvalue weighted by Crippen LogP contribution is -2.06. The summed E-state index contributed by atoms with van der Waals surface area (Å²) in [5.74, 6) is 3.29. The summed E-state index contributed by atoms with van der Waals surface area (Å²) in [6, 6.07) is 1.98. The molecule has 17 heavy (non-hydrogen) atoms. The first-order valence-corrected chi connectivity index (χ1v) is 6.84. The summed E-state index contributed by atoms with van der Waals surface area (Å²) in [6.07, 6.45) is 0.310. The topological polar surface area (TPSA) is 38.7 Å². The van der Waals surface area contributed by atoms with Crippen LogP contribution in [0.25, 0.3) is 0 Å². The molecule has 1 aliphatic rings. The maximum absolute atomic E-state index is 10.2. The van der Waals surface area contributed by atoms with E-state index in [1.54, 1.807) is 14.2 Å². The Balaban J connectivity index is 2.64. The van der Waals surface area contributed by atoms with Gasteiger partial charge in [0.25, 0.3) is 0 Å². The van der Waals surface area contributed by atoms with Crippen molar-refractivity contribution in [2.24, 2.45) is 0 Å². The van der Waals surface area contributed by atoms with E-state index in [1.165, 1.54) is 5.56 Å². The van der Waals surface area contributed by atoms with Crippen molar-refractivity contribution in [2.45, 2.75) is 25.2 Å². The van der Waals surface area contributed by atoms with E-state index in [0.717, 1.165) is 29.1 Å². The lowest BCUT2D eigenvalue weighted by atomic mass is 9.96. The number of methoxy groups -OCH3 is 2. The fraction of sp³-hybridized carbons (Fsp3) is 0.538. The van der Waals surface area contributed by atoms with Crippen LogP contribution in [-0.2, 0) is 5.75 Å². The monoisotopic (exact) mass is 254 g/mol. The Labute approximate surface area is 106 Å². The number of thioether (sulfide) groups is 1. The molecule has 0 amide bonds. The summed E-state index contributed by atoms with van der Waals surface area (Å²) in [5.41, 5.74) is 3.26. The Morgan fingerprint density at radius 1 is 1.35 bits per heavy atom. The van der Waals surface area contributed by atoms with Gasteiger partial charge in [0.1, 0.15) is 0 Å². The second-order valence-electron chi connectivity index (χ2n) is 4.18. The van der Waals surface area contributed by atoms with Gasteiger partial charge in [-0.3, -0.25) is 0 Å². The van der Waals surface area contributed by atoms with E-state index in [1.807, 2.05) is 17.8 Å². The van der Waals surface area contributed by atoms with E-state index in [4.69, 9.17) is 9.47 Å². The second kappa shape index (κ2) is 5.19. The molecule has 0 saturated carbocycles.